The zero-order valence-corrected chi connectivity index (χ0v) is 21.9. The summed E-state index contributed by atoms with van der Waals surface area (Å²) in [5.74, 6) is -1.71. The van der Waals surface area contributed by atoms with Gasteiger partial charge in [-0.05, 0) is 53.6 Å². The number of benzene rings is 3. The normalized spacial score (nSPS) is 11.1. The third kappa shape index (κ3) is 7.23. The van der Waals surface area contributed by atoms with Gasteiger partial charge in [0.05, 0.1) is 16.1 Å². The Balaban J connectivity index is 1.74. The first-order chi connectivity index (χ1) is 16.4. The molecule has 8 heteroatoms. The number of nitrogens with one attached hydrogen (secondary N) is 2. The molecule has 5 nitrogen and oxygen atoms in total. The van der Waals surface area contributed by atoms with Gasteiger partial charge in [0, 0.05) is 28.5 Å². The highest BCUT2D eigenvalue weighted by molar-refractivity contribution is 9.10. The summed E-state index contributed by atoms with van der Waals surface area (Å²) in [5.41, 5.74) is 1.24. The Morgan fingerprint density at radius 1 is 0.914 bits per heavy atom. The zero-order chi connectivity index (χ0) is 25.8. The Kier molecular flexibility index (Phi) is 8.46. The second-order valence-corrected chi connectivity index (χ2v) is 10.4. The molecule has 2 N–H and O–H groups in total. The molecule has 35 heavy (non-hydrogen) atoms. The van der Waals surface area contributed by atoms with Crippen molar-refractivity contribution in [3.63, 3.8) is 0 Å². The van der Waals surface area contributed by atoms with Crippen LogP contribution in [0.25, 0.3) is 0 Å². The van der Waals surface area contributed by atoms with Crippen LogP contribution < -0.4 is 10.6 Å². The highest BCUT2D eigenvalue weighted by Gasteiger charge is 2.21. The van der Waals surface area contributed by atoms with Crippen molar-refractivity contribution in [1.29, 1.82) is 0 Å². The average molecular weight is 560 g/mol. The Morgan fingerprint density at radius 2 is 1.57 bits per heavy atom. The van der Waals surface area contributed by atoms with Crippen LogP contribution >= 0.6 is 27.5 Å². The van der Waals surface area contributed by atoms with E-state index in [0.717, 1.165) is 16.1 Å². The van der Waals surface area contributed by atoms with Crippen LogP contribution in [0.2, 0.25) is 5.02 Å². The molecule has 0 saturated carbocycles. The first kappa shape index (κ1) is 26.6. The van der Waals surface area contributed by atoms with E-state index >= 15 is 0 Å². The van der Waals surface area contributed by atoms with Gasteiger partial charge in [0.2, 0.25) is 5.91 Å². The molecule has 0 radical (unpaired) electrons. The lowest BCUT2D eigenvalue weighted by Crippen LogP contribution is -2.34. The van der Waals surface area contributed by atoms with Gasteiger partial charge >= 0.3 is 0 Å². The van der Waals surface area contributed by atoms with Crippen LogP contribution in [0.5, 0.6) is 0 Å². The SMILES string of the molecule is CC(C)(C)C(=O)NCc1ccc(Cl)c(C(=O)Nc2ccc(F)c(C(=O)Cc3ccc(Br)cc3)c2)c1. The smallest absolute Gasteiger partial charge is 0.257 e. The molecule has 0 aromatic heterocycles. The molecule has 0 aliphatic heterocycles. The summed E-state index contributed by atoms with van der Waals surface area (Å²) in [6.45, 7) is 5.66. The van der Waals surface area contributed by atoms with Crippen molar-refractivity contribution in [2.24, 2.45) is 5.41 Å². The number of anilines is 1. The minimum absolute atomic E-state index is 0.0236. The van der Waals surface area contributed by atoms with Gasteiger partial charge in [-0.3, -0.25) is 14.4 Å². The summed E-state index contributed by atoms with van der Waals surface area (Å²) >= 11 is 9.57. The molecule has 0 heterocycles. The van der Waals surface area contributed by atoms with E-state index in [1.165, 1.54) is 12.1 Å². The number of halogens is 3. The van der Waals surface area contributed by atoms with Crippen LogP contribution in [0, 0.1) is 11.2 Å². The molecule has 0 fully saturated rings. The summed E-state index contributed by atoms with van der Waals surface area (Å²) < 4.78 is 15.3. The predicted molar refractivity (Wildman–Crippen MR) is 139 cm³/mol. The molecular weight excluding hydrogens is 535 g/mol. The minimum Gasteiger partial charge on any atom is -0.352 e. The number of ketones is 1. The Bertz CT molecular complexity index is 1270. The van der Waals surface area contributed by atoms with Gasteiger partial charge in [-0.1, -0.05) is 66.5 Å². The number of rotatable bonds is 7. The van der Waals surface area contributed by atoms with Gasteiger partial charge in [-0.2, -0.15) is 0 Å². The molecule has 2 amide bonds. The molecule has 0 unspecified atom stereocenters. The standard InChI is InChI=1S/C27H25BrClFN2O3/c1-27(2,3)26(35)31-15-17-6-10-22(29)20(12-17)25(34)32-19-9-11-23(30)21(14-19)24(33)13-16-4-7-18(28)8-5-16/h4-12,14H,13,15H2,1-3H3,(H,31,35)(H,32,34). The van der Waals surface area contributed by atoms with E-state index in [2.05, 4.69) is 26.6 Å². The summed E-state index contributed by atoms with van der Waals surface area (Å²) in [6, 6.07) is 15.9. The second kappa shape index (κ2) is 11.1. The highest BCUT2D eigenvalue weighted by Crippen LogP contribution is 2.22. The van der Waals surface area contributed by atoms with Crippen LogP contribution in [0.3, 0.4) is 0 Å². The quantitative estimate of drug-likeness (QED) is 0.321. The van der Waals surface area contributed by atoms with Gasteiger partial charge in [0.25, 0.3) is 5.91 Å². The fraction of sp³-hybridized carbons (Fsp3) is 0.222. The monoisotopic (exact) mass is 558 g/mol. The average Bonchev–Trinajstić information content (AvgIpc) is 2.80. The molecular formula is C27H25BrClFN2O3. The third-order valence-electron chi connectivity index (χ3n) is 5.21. The van der Waals surface area contributed by atoms with Crippen LogP contribution in [-0.2, 0) is 17.8 Å². The van der Waals surface area contributed by atoms with Gasteiger partial charge in [0.1, 0.15) is 5.82 Å². The topological polar surface area (TPSA) is 75.3 Å². The molecule has 3 aromatic rings. The minimum atomic E-state index is -0.667. The van der Waals surface area contributed by atoms with E-state index in [-0.39, 0.29) is 40.7 Å². The number of carbonyl (C=O) groups is 3. The van der Waals surface area contributed by atoms with Crippen molar-refractivity contribution in [2.75, 3.05) is 5.32 Å². The van der Waals surface area contributed by atoms with Crippen molar-refractivity contribution in [3.05, 3.63) is 98.2 Å². The van der Waals surface area contributed by atoms with Crippen molar-refractivity contribution in [3.8, 4) is 0 Å². The largest absolute Gasteiger partial charge is 0.352 e. The van der Waals surface area contributed by atoms with E-state index in [1.54, 1.807) is 30.3 Å². The lowest BCUT2D eigenvalue weighted by Gasteiger charge is -2.18. The van der Waals surface area contributed by atoms with Crippen LogP contribution in [0.1, 0.15) is 52.6 Å². The molecule has 3 aromatic carbocycles. The Labute approximate surface area is 217 Å². The molecule has 0 aliphatic rings. The number of hydrogen-bond acceptors (Lipinski definition) is 3. The lowest BCUT2D eigenvalue weighted by atomic mass is 9.95. The Morgan fingerprint density at radius 3 is 2.23 bits per heavy atom. The second-order valence-electron chi connectivity index (χ2n) is 9.12. The summed E-state index contributed by atoms with van der Waals surface area (Å²) in [7, 11) is 0. The summed E-state index contributed by atoms with van der Waals surface area (Å²) in [4.78, 5) is 37.7. The van der Waals surface area contributed by atoms with E-state index in [0.29, 0.717) is 5.56 Å². The molecule has 0 saturated heterocycles. The van der Waals surface area contributed by atoms with Gasteiger partial charge < -0.3 is 10.6 Å². The van der Waals surface area contributed by atoms with E-state index in [9.17, 15) is 18.8 Å². The molecule has 0 bridgehead atoms. The number of Topliss-reactive ketones (excluding diaryl/α,β-unsaturated/α-hetero) is 1. The summed E-state index contributed by atoms with van der Waals surface area (Å²) in [6.07, 6.45) is 0.0236. The maximum absolute atomic E-state index is 14.4. The molecule has 0 aliphatic carbocycles. The van der Waals surface area contributed by atoms with Crippen molar-refractivity contribution in [2.45, 2.75) is 33.7 Å². The number of carbonyl (C=O) groups excluding carboxylic acids is 3. The van der Waals surface area contributed by atoms with Crippen LogP contribution in [-0.4, -0.2) is 17.6 Å². The van der Waals surface area contributed by atoms with Gasteiger partial charge in [0.15, 0.2) is 5.78 Å². The lowest BCUT2D eigenvalue weighted by molar-refractivity contribution is -0.128. The van der Waals surface area contributed by atoms with Gasteiger partial charge in [-0.25, -0.2) is 4.39 Å². The maximum atomic E-state index is 14.4. The van der Waals surface area contributed by atoms with Gasteiger partial charge in [-0.15, -0.1) is 0 Å². The van der Waals surface area contributed by atoms with Crippen LogP contribution in [0.4, 0.5) is 10.1 Å². The highest BCUT2D eigenvalue weighted by atomic mass is 79.9. The first-order valence-corrected chi connectivity index (χ1v) is 12.1. The predicted octanol–water partition coefficient (Wildman–Crippen LogP) is 6.58. The fourth-order valence-electron chi connectivity index (χ4n) is 3.20. The molecule has 0 atom stereocenters. The van der Waals surface area contributed by atoms with Crippen molar-refractivity contribution in [1.82, 2.24) is 5.32 Å². The van der Waals surface area contributed by atoms with E-state index in [1.807, 2.05) is 32.9 Å². The van der Waals surface area contributed by atoms with Crippen LogP contribution in [0.15, 0.2) is 65.1 Å². The van der Waals surface area contributed by atoms with Crippen molar-refractivity contribution >= 4 is 50.8 Å². The Hall–Kier alpha value is -3.03. The van der Waals surface area contributed by atoms with E-state index < -0.39 is 22.9 Å². The van der Waals surface area contributed by atoms with E-state index in [4.69, 9.17) is 11.6 Å². The zero-order valence-electron chi connectivity index (χ0n) is 19.5. The maximum Gasteiger partial charge on any atom is 0.257 e. The fourth-order valence-corrected chi connectivity index (χ4v) is 3.67. The molecule has 0 spiro atoms. The first-order valence-electron chi connectivity index (χ1n) is 10.9. The van der Waals surface area contributed by atoms with Crippen molar-refractivity contribution < 1.29 is 18.8 Å². The summed E-state index contributed by atoms with van der Waals surface area (Å²) in [5, 5.41) is 5.73. The third-order valence-corrected chi connectivity index (χ3v) is 6.07. The number of amides is 2. The molecule has 182 valence electrons. The number of hydrogen-bond donors (Lipinski definition) is 2. The molecule has 3 rings (SSSR count).